The minimum atomic E-state index is -2.85. The number of H-pyrrole nitrogens is 1. The predicted molar refractivity (Wildman–Crippen MR) is 49.4 cm³/mol. The highest BCUT2D eigenvalue weighted by Crippen LogP contribution is 2.18. The Kier molecular flexibility index (Phi) is 3.36. The summed E-state index contributed by atoms with van der Waals surface area (Å²) in [6, 6.07) is 2.58. The Morgan fingerprint density at radius 1 is 1.64 bits per heavy atom. The molecule has 74 valence electrons. The van der Waals surface area contributed by atoms with E-state index in [1.165, 1.54) is 6.07 Å². The molecular formula is C8H5BrF2N2O. The minimum Gasteiger partial charge on any atom is -0.356 e. The van der Waals surface area contributed by atoms with E-state index in [0.29, 0.717) is 5.69 Å². The molecule has 0 fully saturated rings. The quantitative estimate of drug-likeness (QED) is 0.830. The van der Waals surface area contributed by atoms with Gasteiger partial charge in [0.15, 0.2) is 5.43 Å². The minimum absolute atomic E-state index is 0.258. The highest BCUT2D eigenvalue weighted by Gasteiger charge is 2.17. The summed E-state index contributed by atoms with van der Waals surface area (Å²) in [4.78, 5) is 13.5. The zero-order valence-electron chi connectivity index (χ0n) is 6.85. The van der Waals surface area contributed by atoms with E-state index >= 15 is 0 Å². The van der Waals surface area contributed by atoms with Crippen LogP contribution in [0, 0.1) is 11.3 Å². The summed E-state index contributed by atoms with van der Waals surface area (Å²) < 4.78 is 24.7. The van der Waals surface area contributed by atoms with Gasteiger partial charge in [0.1, 0.15) is 17.3 Å². The molecule has 0 radical (unpaired) electrons. The van der Waals surface area contributed by atoms with Gasteiger partial charge in [-0.15, -0.1) is 0 Å². The van der Waals surface area contributed by atoms with E-state index in [9.17, 15) is 13.6 Å². The third-order valence-electron chi connectivity index (χ3n) is 1.59. The van der Waals surface area contributed by atoms with E-state index in [-0.39, 0.29) is 5.33 Å². The average Bonchev–Trinajstić information content (AvgIpc) is 2.16. The lowest BCUT2D eigenvalue weighted by Crippen LogP contribution is -2.13. The third kappa shape index (κ3) is 1.99. The summed E-state index contributed by atoms with van der Waals surface area (Å²) >= 11 is 3.02. The second-order valence-electron chi connectivity index (χ2n) is 2.49. The largest absolute Gasteiger partial charge is 0.356 e. The van der Waals surface area contributed by atoms with Crippen LogP contribution in [0.2, 0.25) is 0 Å². The molecule has 0 amide bonds. The maximum atomic E-state index is 12.4. The summed E-state index contributed by atoms with van der Waals surface area (Å²) in [6.45, 7) is 0. The van der Waals surface area contributed by atoms with Crippen molar-refractivity contribution in [1.29, 1.82) is 5.26 Å². The summed E-state index contributed by atoms with van der Waals surface area (Å²) in [5.74, 6) is 0. The van der Waals surface area contributed by atoms with Gasteiger partial charge in [0.05, 0.1) is 0 Å². The van der Waals surface area contributed by atoms with Gasteiger partial charge in [0, 0.05) is 17.1 Å². The smallest absolute Gasteiger partial charge is 0.279 e. The fourth-order valence-corrected chi connectivity index (χ4v) is 1.29. The Balaban J connectivity index is 3.46. The molecule has 0 aromatic carbocycles. The first-order chi connectivity index (χ1) is 6.60. The van der Waals surface area contributed by atoms with Crippen molar-refractivity contribution in [1.82, 2.24) is 4.98 Å². The summed E-state index contributed by atoms with van der Waals surface area (Å²) in [5.41, 5.74) is -1.50. The molecule has 1 aromatic heterocycles. The predicted octanol–water partition coefficient (Wildman–Crippen LogP) is 2.08. The van der Waals surface area contributed by atoms with Crippen LogP contribution in [0.4, 0.5) is 8.78 Å². The Bertz CT molecular complexity index is 436. The molecule has 14 heavy (non-hydrogen) atoms. The first-order valence-electron chi connectivity index (χ1n) is 3.60. The fraction of sp³-hybridized carbons (Fsp3) is 0.250. The van der Waals surface area contributed by atoms with Crippen LogP contribution in [0.15, 0.2) is 10.9 Å². The molecule has 0 aliphatic carbocycles. The van der Waals surface area contributed by atoms with Crippen molar-refractivity contribution in [2.45, 2.75) is 11.8 Å². The van der Waals surface area contributed by atoms with Crippen LogP contribution in [0.25, 0.3) is 0 Å². The second-order valence-corrected chi connectivity index (χ2v) is 3.05. The van der Waals surface area contributed by atoms with Gasteiger partial charge in [0.2, 0.25) is 0 Å². The SMILES string of the molecule is N#Cc1c(C(F)F)[nH]c(CBr)cc1=O. The van der Waals surface area contributed by atoms with Gasteiger partial charge in [-0.05, 0) is 0 Å². The number of nitrogens with zero attached hydrogens (tertiary/aromatic N) is 1. The molecule has 1 rings (SSSR count). The topological polar surface area (TPSA) is 56.6 Å². The summed E-state index contributed by atoms with van der Waals surface area (Å²) in [7, 11) is 0. The molecule has 0 saturated heterocycles. The first kappa shape index (κ1) is 10.9. The van der Waals surface area contributed by atoms with Crippen LogP contribution in [0.5, 0.6) is 0 Å². The van der Waals surface area contributed by atoms with E-state index in [0.717, 1.165) is 6.07 Å². The molecule has 0 spiro atoms. The number of alkyl halides is 3. The van der Waals surface area contributed by atoms with Crippen LogP contribution in [-0.4, -0.2) is 4.98 Å². The Hall–Kier alpha value is -1.22. The summed E-state index contributed by atoms with van der Waals surface area (Å²) in [5, 5.41) is 8.75. The fourth-order valence-electron chi connectivity index (χ4n) is 0.986. The third-order valence-corrected chi connectivity index (χ3v) is 2.19. The molecule has 0 atom stereocenters. The lowest BCUT2D eigenvalue weighted by Gasteiger charge is -2.04. The van der Waals surface area contributed by atoms with Crippen LogP contribution in [0.3, 0.4) is 0 Å². The zero-order chi connectivity index (χ0) is 10.7. The van der Waals surface area contributed by atoms with E-state index in [4.69, 9.17) is 5.26 Å². The molecule has 1 heterocycles. The van der Waals surface area contributed by atoms with E-state index in [2.05, 4.69) is 20.9 Å². The van der Waals surface area contributed by atoms with Crippen molar-refractivity contribution in [2.24, 2.45) is 0 Å². The van der Waals surface area contributed by atoms with Crippen molar-refractivity contribution in [2.75, 3.05) is 0 Å². The maximum absolute atomic E-state index is 12.4. The lowest BCUT2D eigenvalue weighted by atomic mass is 10.2. The molecule has 0 aliphatic heterocycles. The number of halogens is 3. The first-order valence-corrected chi connectivity index (χ1v) is 4.72. The number of pyridine rings is 1. The zero-order valence-corrected chi connectivity index (χ0v) is 8.44. The van der Waals surface area contributed by atoms with Gasteiger partial charge in [-0.1, -0.05) is 15.9 Å². The highest BCUT2D eigenvalue weighted by molar-refractivity contribution is 9.08. The molecular weight excluding hydrogens is 258 g/mol. The lowest BCUT2D eigenvalue weighted by molar-refractivity contribution is 0.145. The number of rotatable bonds is 2. The second kappa shape index (κ2) is 4.33. The molecule has 0 saturated carbocycles. The van der Waals surface area contributed by atoms with Gasteiger partial charge in [-0.3, -0.25) is 4.79 Å². The van der Waals surface area contributed by atoms with Gasteiger partial charge >= 0.3 is 0 Å². The number of nitrogens with one attached hydrogen (secondary N) is 1. The van der Waals surface area contributed by atoms with Gasteiger partial charge < -0.3 is 4.98 Å². The molecule has 1 N–H and O–H groups in total. The van der Waals surface area contributed by atoms with E-state index in [1.54, 1.807) is 0 Å². The highest BCUT2D eigenvalue weighted by atomic mass is 79.9. The average molecular weight is 263 g/mol. The molecule has 0 aliphatic rings. The Morgan fingerprint density at radius 3 is 2.71 bits per heavy atom. The number of nitriles is 1. The molecule has 0 bridgehead atoms. The monoisotopic (exact) mass is 262 g/mol. The van der Waals surface area contributed by atoms with E-state index in [1.807, 2.05) is 0 Å². The van der Waals surface area contributed by atoms with Crippen LogP contribution in [0.1, 0.15) is 23.4 Å². The maximum Gasteiger partial charge on any atom is 0.279 e. The number of hydrogen-bond acceptors (Lipinski definition) is 2. The molecule has 0 unspecified atom stereocenters. The Labute approximate surface area is 86.5 Å². The molecule has 6 heteroatoms. The standard InChI is InChI=1S/C8H5BrF2N2O/c9-2-4-1-6(14)5(3-12)7(13-4)8(10)11/h1,8H,2H2,(H,13,14). The molecule has 1 aromatic rings. The van der Waals surface area contributed by atoms with E-state index < -0.39 is 23.1 Å². The Morgan fingerprint density at radius 2 is 2.29 bits per heavy atom. The number of hydrogen-bond donors (Lipinski definition) is 1. The normalized spacial score (nSPS) is 10.2. The number of aromatic nitrogens is 1. The van der Waals surface area contributed by atoms with Crippen LogP contribution < -0.4 is 5.43 Å². The van der Waals surface area contributed by atoms with Crippen molar-refractivity contribution < 1.29 is 8.78 Å². The summed E-state index contributed by atoms with van der Waals surface area (Å²) in [6.07, 6.45) is -2.85. The molecule has 3 nitrogen and oxygen atoms in total. The van der Waals surface area contributed by atoms with Crippen molar-refractivity contribution in [3.8, 4) is 6.07 Å². The van der Waals surface area contributed by atoms with Crippen LogP contribution >= 0.6 is 15.9 Å². The van der Waals surface area contributed by atoms with Gasteiger partial charge in [-0.25, -0.2) is 8.78 Å². The van der Waals surface area contributed by atoms with Gasteiger partial charge in [0.25, 0.3) is 6.43 Å². The van der Waals surface area contributed by atoms with Crippen molar-refractivity contribution in [3.63, 3.8) is 0 Å². The van der Waals surface area contributed by atoms with Crippen molar-refractivity contribution in [3.05, 3.63) is 33.2 Å². The van der Waals surface area contributed by atoms with Gasteiger partial charge in [-0.2, -0.15) is 5.26 Å². The van der Waals surface area contributed by atoms with Crippen LogP contribution in [-0.2, 0) is 5.33 Å². The number of aromatic amines is 1. The van der Waals surface area contributed by atoms with Crippen molar-refractivity contribution >= 4 is 15.9 Å².